The highest BCUT2D eigenvalue weighted by Gasteiger charge is 2.23. The van der Waals surface area contributed by atoms with Crippen molar-refractivity contribution in [2.24, 2.45) is 0 Å². The number of pyridine rings is 1. The van der Waals surface area contributed by atoms with E-state index in [0.29, 0.717) is 49.2 Å². The van der Waals surface area contributed by atoms with Gasteiger partial charge in [-0.25, -0.2) is 4.98 Å². The first-order chi connectivity index (χ1) is 17.6. The summed E-state index contributed by atoms with van der Waals surface area (Å²) >= 11 is 0. The van der Waals surface area contributed by atoms with Crippen LogP contribution in [0.3, 0.4) is 0 Å². The summed E-state index contributed by atoms with van der Waals surface area (Å²) in [6, 6.07) is 11.6. The molecule has 0 radical (unpaired) electrons. The second-order valence-electron chi connectivity index (χ2n) is 8.77. The summed E-state index contributed by atoms with van der Waals surface area (Å²) in [5.41, 5.74) is 2.98. The number of carbonyl (C=O) groups excluding carboxylic acids is 1. The predicted octanol–water partition coefficient (Wildman–Crippen LogP) is 3.56. The van der Waals surface area contributed by atoms with Gasteiger partial charge in [0.15, 0.2) is 11.5 Å². The van der Waals surface area contributed by atoms with Crippen molar-refractivity contribution >= 4 is 17.5 Å². The minimum absolute atomic E-state index is 0.176. The summed E-state index contributed by atoms with van der Waals surface area (Å²) < 4.78 is 27.4. The minimum Gasteiger partial charge on any atom is -0.475 e. The van der Waals surface area contributed by atoms with Crippen molar-refractivity contribution in [3.8, 4) is 17.4 Å². The van der Waals surface area contributed by atoms with Gasteiger partial charge < -0.3 is 33.7 Å². The molecule has 3 aromatic rings. The van der Waals surface area contributed by atoms with Gasteiger partial charge in [-0.1, -0.05) is 6.07 Å². The lowest BCUT2D eigenvalue weighted by Gasteiger charge is -2.27. The second kappa shape index (κ2) is 10.8. The first-order valence-electron chi connectivity index (χ1n) is 12.2. The molecule has 0 fully saturated rings. The summed E-state index contributed by atoms with van der Waals surface area (Å²) in [6.07, 6.45) is 1.31. The first-order valence-corrected chi connectivity index (χ1v) is 12.2. The van der Waals surface area contributed by atoms with Crippen LogP contribution in [0.1, 0.15) is 36.3 Å². The fraction of sp³-hybridized carbons (Fsp3) is 0.423. The zero-order chi connectivity index (χ0) is 24.9. The van der Waals surface area contributed by atoms with Gasteiger partial charge in [0.05, 0.1) is 25.3 Å². The highest BCUT2D eigenvalue weighted by molar-refractivity contribution is 5.71. The molecule has 0 saturated heterocycles. The predicted molar refractivity (Wildman–Crippen MR) is 132 cm³/mol. The molecule has 2 aliphatic rings. The minimum atomic E-state index is -0.269. The van der Waals surface area contributed by atoms with Crippen molar-refractivity contribution in [3.05, 3.63) is 53.4 Å². The number of aromatic nitrogens is 2. The van der Waals surface area contributed by atoms with Crippen LogP contribution in [0.25, 0.3) is 0 Å². The zero-order valence-corrected chi connectivity index (χ0v) is 20.5. The lowest BCUT2D eigenvalue weighted by molar-refractivity contribution is -0.143. The van der Waals surface area contributed by atoms with E-state index in [-0.39, 0.29) is 25.1 Å². The summed E-state index contributed by atoms with van der Waals surface area (Å²) in [5, 5.41) is 7.39. The number of nitrogens with zero attached hydrogens (tertiary/aromatic N) is 3. The average Bonchev–Trinajstić information content (AvgIpc) is 3.53. The third-order valence-electron chi connectivity index (χ3n) is 6.26. The van der Waals surface area contributed by atoms with Gasteiger partial charge in [0.1, 0.15) is 11.6 Å². The van der Waals surface area contributed by atoms with Crippen LogP contribution in [0.5, 0.6) is 17.4 Å². The molecular formula is C26H30N4O6. The van der Waals surface area contributed by atoms with Gasteiger partial charge in [-0.15, -0.1) is 0 Å². The van der Waals surface area contributed by atoms with E-state index < -0.39 is 0 Å². The number of carbonyl (C=O) groups is 1. The largest absolute Gasteiger partial charge is 0.475 e. The van der Waals surface area contributed by atoms with E-state index in [9.17, 15) is 4.79 Å². The molecule has 2 aliphatic heterocycles. The molecule has 2 aromatic heterocycles. The molecule has 36 heavy (non-hydrogen) atoms. The molecule has 1 atom stereocenters. The van der Waals surface area contributed by atoms with E-state index in [1.807, 2.05) is 24.3 Å². The molecule has 5 rings (SSSR count). The topological polar surface area (TPSA) is 108 Å². The number of esters is 1. The van der Waals surface area contributed by atoms with Crippen LogP contribution in [0.4, 0.5) is 11.5 Å². The molecule has 1 aromatic carbocycles. The van der Waals surface area contributed by atoms with Gasteiger partial charge in [0.2, 0.25) is 6.79 Å². The average molecular weight is 495 g/mol. The van der Waals surface area contributed by atoms with Gasteiger partial charge >= 0.3 is 5.97 Å². The molecule has 0 spiro atoms. The van der Waals surface area contributed by atoms with Gasteiger partial charge in [0, 0.05) is 50.7 Å². The molecule has 0 bridgehead atoms. The van der Waals surface area contributed by atoms with Crippen LogP contribution in [0.2, 0.25) is 0 Å². The van der Waals surface area contributed by atoms with Gasteiger partial charge in [-0.2, -0.15) is 0 Å². The van der Waals surface area contributed by atoms with Crippen molar-refractivity contribution in [1.82, 2.24) is 10.1 Å². The summed E-state index contributed by atoms with van der Waals surface area (Å²) in [4.78, 5) is 19.2. The number of fused-ring (bicyclic) bond motifs is 2. The maximum Gasteiger partial charge on any atom is 0.306 e. The monoisotopic (exact) mass is 494 g/mol. The molecule has 0 amide bonds. The smallest absolute Gasteiger partial charge is 0.306 e. The van der Waals surface area contributed by atoms with E-state index >= 15 is 0 Å². The number of nitrogens with one attached hydrogen (secondary N) is 1. The molecule has 0 saturated carbocycles. The van der Waals surface area contributed by atoms with Crippen LogP contribution in [-0.2, 0) is 22.4 Å². The zero-order valence-electron chi connectivity index (χ0n) is 20.5. The molecular weight excluding hydrogens is 464 g/mol. The Morgan fingerprint density at radius 2 is 2.08 bits per heavy atom. The Balaban J connectivity index is 1.20. The molecule has 10 nitrogen and oxygen atoms in total. The maximum atomic E-state index is 12.3. The number of anilines is 2. The van der Waals surface area contributed by atoms with Gasteiger partial charge in [-0.05, 0) is 41.9 Å². The Morgan fingerprint density at radius 1 is 1.19 bits per heavy atom. The lowest BCUT2D eigenvalue weighted by atomic mass is 9.91. The fourth-order valence-electron chi connectivity index (χ4n) is 4.39. The second-order valence-corrected chi connectivity index (χ2v) is 8.77. The number of hydrogen-bond donors (Lipinski definition) is 1. The number of benzene rings is 1. The summed E-state index contributed by atoms with van der Waals surface area (Å²) in [5.74, 6) is 2.85. The van der Waals surface area contributed by atoms with Gasteiger partial charge in [0.25, 0.3) is 5.88 Å². The van der Waals surface area contributed by atoms with E-state index in [0.717, 1.165) is 35.9 Å². The molecule has 0 aliphatic carbocycles. The van der Waals surface area contributed by atoms with E-state index in [2.05, 4.69) is 28.5 Å². The molecule has 1 N–H and O–H groups in total. The van der Waals surface area contributed by atoms with E-state index in [1.165, 1.54) is 0 Å². The Hall–Kier alpha value is -3.95. The van der Waals surface area contributed by atoms with Crippen LogP contribution in [0.15, 0.2) is 40.9 Å². The normalized spacial score (nSPS) is 14.7. The molecule has 1 unspecified atom stereocenters. The third kappa shape index (κ3) is 5.48. The van der Waals surface area contributed by atoms with Crippen LogP contribution in [-0.4, -0.2) is 56.3 Å². The summed E-state index contributed by atoms with van der Waals surface area (Å²) in [7, 11) is 2.07. The summed E-state index contributed by atoms with van der Waals surface area (Å²) in [6.45, 7) is 4.57. The standard InChI is InChI=1S/C26H30N4O6/c1-3-32-25(31)14-18(17-4-7-22-23(13-17)35-16-34-22)12-20-15-24(29-36-20)33-11-8-19-5-6-21-26(28-19)27-9-10-30(21)2/h4-7,13,15,18H,3,8-12,14,16H2,1-2H3,(H,27,28). The highest BCUT2D eigenvalue weighted by atomic mass is 16.7. The van der Waals surface area contributed by atoms with Crippen molar-refractivity contribution in [2.75, 3.05) is 50.4 Å². The molecule has 4 heterocycles. The van der Waals surface area contributed by atoms with Crippen LogP contribution < -0.4 is 24.4 Å². The lowest BCUT2D eigenvalue weighted by Crippen LogP contribution is -2.31. The van der Waals surface area contributed by atoms with Crippen LogP contribution in [0, 0.1) is 0 Å². The maximum absolute atomic E-state index is 12.3. The van der Waals surface area contributed by atoms with Crippen molar-refractivity contribution in [3.63, 3.8) is 0 Å². The Morgan fingerprint density at radius 3 is 2.97 bits per heavy atom. The highest BCUT2D eigenvalue weighted by Crippen LogP contribution is 2.37. The van der Waals surface area contributed by atoms with Crippen LogP contribution >= 0.6 is 0 Å². The quantitative estimate of drug-likeness (QED) is 0.420. The SMILES string of the molecule is CCOC(=O)CC(Cc1cc(OCCc2ccc3c(n2)NCCN3C)no1)c1ccc2c(c1)OCO2. The third-order valence-corrected chi connectivity index (χ3v) is 6.26. The Kier molecular flexibility index (Phi) is 7.11. The van der Waals surface area contributed by atoms with E-state index in [1.54, 1.807) is 13.0 Å². The number of ether oxygens (including phenoxy) is 4. The first kappa shape index (κ1) is 23.8. The van der Waals surface area contributed by atoms with E-state index in [4.69, 9.17) is 28.5 Å². The molecule has 190 valence electrons. The number of hydrogen-bond acceptors (Lipinski definition) is 10. The number of rotatable bonds is 10. The molecule has 10 heteroatoms. The Bertz CT molecular complexity index is 1210. The van der Waals surface area contributed by atoms with Gasteiger partial charge in [-0.3, -0.25) is 4.79 Å². The van der Waals surface area contributed by atoms with Crippen molar-refractivity contribution < 1.29 is 28.3 Å². The van der Waals surface area contributed by atoms with Crippen molar-refractivity contribution in [1.29, 1.82) is 0 Å². The van der Waals surface area contributed by atoms with Crippen molar-refractivity contribution in [2.45, 2.75) is 32.1 Å². The Labute approximate surface area is 209 Å². The number of likely N-dealkylation sites (N-methyl/N-ethyl adjacent to an activating group) is 1. The fourth-order valence-corrected chi connectivity index (χ4v) is 4.39.